The molecule has 0 aliphatic carbocycles. The normalized spacial score (nSPS) is 32.0. The van der Waals surface area contributed by atoms with Crippen molar-refractivity contribution >= 4 is 11.6 Å². The second kappa shape index (κ2) is 9.07. The van der Waals surface area contributed by atoms with Crippen molar-refractivity contribution in [3.63, 3.8) is 0 Å². The highest BCUT2D eigenvalue weighted by molar-refractivity contribution is 6.21. The Labute approximate surface area is 113 Å². The summed E-state index contributed by atoms with van der Waals surface area (Å²) in [6, 6.07) is 0. The second-order valence-electron chi connectivity index (χ2n) is 4.20. The second-order valence-corrected chi connectivity index (χ2v) is 4.70. The minimum Gasteiger partial charge on any atom is -0.373 e. The average Bonchev–Trinajstić information content (AvgIpc) is 2.63. The molecular weight excluding hydrogens is 260 g/mol. The molecule has 0 amide bonds. The molecule has 4 atom stereocenters. The van der Waals surface area contributed by atoms with E-state index in [-0.39, 0.29) is 23.5 Å². The Kier molecular flexibility index (Phi) is 8.13. The molecule has 0 aromatic carbocycles. The number of halogens is 1. The van der Waals surface area contributed by atoms with Crippen LogP contribution in [-0.2, 0) is 24.3 Å². The Hall–Kier alpha value is 0.0900. The summed E-state index contributed by atoms with van der Waals surface area (Å²) in [4.78, 5) is 19.8. The summed E-state index contributed by atoms with van der Waals surface area (Å²) >= 11 is 6.31. The monoisotopic (exact) mass is 282 g/mol. The Bertz CT molecular complexity index is 217. The SMILES string of the molecule is CCOOCC[C@H]1O[C@@H](C)C(Cl)C1COOCC. The van der Waals surface area contributed by atoms with Crippen LogP contribution in [0.25, 0.3) is 0 Å². The Balaban J connectivity index is 2.32. The number of hydrogen-bond donors (Lipinski definition) is 0. The van der Waals surface area contributed by atoms with Crippen molar-refractivity contribution in [3.05, 3.63) is 0 Å². The molecule has 0 bridgehead atoms. The fraction of sp³-hybridized carbons (Fsp3) is 1.00. The number of rotatable bonds is 9. The largest absolute Gasteiger partial charge is 0.373 e. The lowest BCUT2D eigenvalue weighted by atomic mass is 9.98. The lowest BCUT2D eigenvalue weighted by Gasteiger charge is -2.19. The van der Waals surface area contributed by atoms with Gasteiger partial charge in [-0.15, -0.1) is 11.6 Å². The van der Waals surface area contributed by atoms with E-state index in [2.05, 4.69) is 0 Å². The average molecular weight is 283 g/mol. The Morgan fingerprint density at radius 2 is 1.72 bits per heavy atom. The third-order valence-electron chi connectivity index (χ3n) is 2.87. The summed E-state index contributed by atoms with van der Waals surface area (Å²) in [5.74, 6) is 0.110. The van der Waals surface area contributed by atoms with Gasteiger partial charge < -0.3 is 4.74 Å². The van der Waals surface area contributed by atoms with E-state index in [0.717, 1.165) is 6.42 Å². The van der Waals surface area contributed by atoms with Gasteiger partial charge in [-0.2, -0.15) is 0 Å². The molecule has 18 heavy (non-hydrogen) atoms. The molecule has 6 heteroatoms. The van der Waals surface area contributed by atoms with Crippen LogP contribution in [0.1, 0.15) is 27.2 Å². The molecule has 1 fully saturated rings. The summed E-state index contributed by atoms with van der Waals surface area (Å²) in [6.07, 6.45) is 0.760. The summed E-state index contributed by atoms with van der Waals surface area (Å²) in [6.45, 7) is 7.70. The maximum absolute atomic E-state index is 6.31. The van der Waals surface area contributed by atoms with Crippen LogP contribution in [0.3, 0.4) is 0 Å². The third kappa shape index (κ3) is 4.99. The zero-order chi connectivity index (χ0) is 13.4. The zero-order valence-corrected chi connectivity index (χ0v) is 12.0. The highest BCUT2D eigenvalue weighted by Gasteiger charge is 2.41. The van der Waals surface area contributed by atoms with Crippen LogP contribution in [0, 0.1) is 5.92 Å². The highest BCUT2D eigenvalue weighted by atomic mass is 35.5. The van der Waals surface area contributed by atoms with Crippen LogP contribution < -0.4 is 0 Å². The van der Waals surface area contributed by atoms with E-state index in [9.17, 15) is 0 Å². The van der Waals surface area contributed by atoms with Gasteiger partial charge in [0.05, 0.1) is 44.0 Å². The summed E-state index contributed by atoms with van der Waals surface area (Å²) in [7, 11) is 0. The zero-order valence-electron chi connectivity index (χ0n) is 11.3. The van der Waals surface area contributed by atoms with Crippen LogP contribution >= 0.6 is 11.6 Å². The standard InChI is InChI=1S/C12H23ClO5/c1-4-14-16-7-6-11-10(8-17-15-5-2)12(13)9(3)18-11/h9-12H,4-8H2,1-3H3/t9-,10?,11+,12?/m0/s1. The van der Waals surface area contributed by atoms with Gasteiger partial charge in [0.2, 0.25) is 0 Å². The van der Waals surface area contributed by atoms with Crippen LogP contribution in [0.15, 0.2) is 0 Å². The Morgan fingerprint density at radius 3 is 2.39 bits per heavy atom. The first-order valence-electron chi connectivity index (χ1n) is 6.49. The molecule has 0 saturated carbocycles. The topological polar surface area (TPSA) is 46.2 Å². The minimum absolute atomic E-state index is 0.0130. The molecule has 1 rings (SSSR count). The molecule has 1 aliphatic rings. The van der Waals surface area contributed by atoms with Crippen molar-refractivity contribution < 1.29 is 24.3 Å². The fourth-order valence-corrected chi connectivity index (χ4v) is 2.30. The van der Waals surface area contributed by atoms with Crippen molar-refractivity contribution in [3.8, 4) is 0 Å². The first kappa shape index (κ1) is 16.1. The van der Waals surface area contributed by atoms with E-state index in [0.29, 0.717) is 26.4 Å². The van der Waals surface area contributed by atoms with Gasteiger partial charge in [0.1, 0.15) is 0 Å². The maximum atomic E-state index is 6.31. The van der Waals surface area contributed by atoms with E-state index in [4.69, 9.17) is 35.9 Å². The predicted octanol–water partition coefficient (Wildman–Crippen LogP) is 2.32. The van der Waals surface area contributed by atoms with E-state index < -0.39 is 0 Å². The quantitative estimate of drug-likeness (QED) is 0.281. The first-order valence-corrected chi connectivity index (χ1v) is 6.92. The van der Waals surface area contributed by atoms with Crippen molar-refractivity contribution in [2.45, 2.75) is 44.8 Å². The van der Waals surface area contributed by atoms with Crippen LogP contribution in [-0.4, -0.2) is 44.0 Å². The first-order chi connectivity index (χ1) is 8.70. The summed E-state index contributed by atoms with van der Waals surface area (Å²) in [5, 5.41) is -0.0671. The molecule has 0 spiro atoms. The van der Waals surface area contributed by atoms with Crippen LogP contribution in [0.2, 0.25) is 0 Å². The van der Waals surface area contributed by atoms with Gasteiger partial charge in [0, 0.05) is 12.3 Å². The fourth-order valence-electron chi connectivity index (χ4n) is 2.00. The maximum Gasteiger partial charge on any atom is 0.0890 e. The summed E-state index contributed by atoms with van der Waals surface area (Å²) < 4.78 is 5.79. The Morgan fingerprint density at radius 1 is 1.06 bits per heavy atom. The van der Waals surface area contributed by atoms with Gasteiger partial charge >= 0.3 is 0 Å². The molecule has 5 nitrogen and oxygen atoms in total. The third-order valence-corrected chi connectivity index (χ3v) is 3.55. The highest BCUT2D eigenvalue weighted by Crippen LogP contribution is 2.33. The van der Waals surface area contributed by atoms with E-state index in [1.807, 2.05) is 20.8 Å². The van der Waals surface area contributed by atoms with E-state index in [1.165, 1.54) is 0 Å². The molecule has 0 N–H and O–H groups in total. The number of ether oxygens (including phenoxy) is 1. The lowest BCUT2D eigenvalue weighted by Crippen LogP contribution is -2.28. The van der Waals surface area contributed by atoms with Gasteiger partial charge in [-0.1, -0.05) is 0 Å². The molecule has 1 aliphatic heterocycles. The molecule has 2 unspecified atom stereocenters. The van der Waals surface area contributed by atoms with Gasteiger partial charge in [-0.05, 0) is 20.8 Å². The smallest absolute Gasteiger partial charge is 0.0890 e. The molecule has 1 saturated heterocycles. The van der Waals surface area contributed by atoms with Crippen LogP contribution in [0.5, 0.6) is 0 Å². The number of hydrogen-bond acceptors (Lipinski definition) is 5. The van der Waals surface area contributed by atoms with Gasteiger partial charge in [0.15, 0.2) is 0 Å². The van der Waals surface area contributed by atoms with Crippen molar-refractivity contribution in [1.82, 2.24) is 0 Å². The number of alkyl halides is 1. The van der Waals surface area contributed by atoms with Gasteiger partial charge in [-0.3, -0.25) is 0 Å². The molecule has 0 radical (unpaired) electrons. The summed E-state index contributed by atoms with van der Waals surface area (Å²) in [5.41, 5.74) is 0. The molecular formula is C12H23ClO5. The van der Waals surface area contributed by atoms with Crippen molar-refractivity contribution in [1.29, 1.82) is 0 Å². The molecule has 108 valence electrons. The minimum atomic E-state index is -0.0671. The lowest BCUT2D eigenvalue weighted by molar-refractivity contribution is -0.303. The molecule has 0 aromatic heterocycles. The van der Waals surface area contributed by atoms with E-state index >= 15 is 0 Å². The van der Waals surface area contributed by atoms with Crippen LogP contribution in [0.4, 0.5) is 0 Å². The molecule has 0 aromatic rings. The van der Waals surface area contributed by atoms with Gasteiger partial charge in [0.25, 0.3) is 0 Å². The predicted molar refractivity (Wildman–Crippen MR) is 67.2 cm³/mol. The van der Waals surface area contributed by atoms with E-state index in [1.54, 1.807) is 0 Å². The van der Waals surface area contributed by atoms with Crippen molar-refractivity contribution in [2.24, 2.45) is 5.92 Å². The van der Waals surface area contributed by atoms with Gasteiger partial charge in [-0.25, -0.2) is 19.6 Å². The van der Waals surface area contributed by atoms with Crippen molar-refractivity contribution in [2.75, 3.05) is 26.4 Å². The molecule has 1 heterocycles.